The molecule has 0 fully saturated rings. The summed E-state index contributed by atoms with van der Waals surface area (Å²) in [6.45, 7) is 6.98. The molecule has 8 nitrogen and oxygen atoms in total. The fourth-order valence-corrected chi connectivity index (χ4v) is 3.98. The van der Waals surface area contributed by atoms with E-state index < -0.39 is 0 Å². The van der Waals surface area contributed by atoms with Gasteiger partial charge in [0.2, 0.25) is 11.8 Å². The van der Waals surface area contributed by atoms with E-state index in [9.17, 15) is 9.59 Å². The zero-order chi connectivity index (χ0) is 24.2. The van der Waals surface area contributed by atoms with Crippen LogP contribution in [-0.2, 0) is 13.1 Å². The van der Waals surface area contributed by atoms with Gasteiger partial charge in [0.15, 0.2) is 5.69 Å². The third-order valence-electron chi connectivity index (χ3n) is 5.29. The zero-order valence-corrected chi connectivity index (χ0v) is 20.1. The van der Waals surface area contributed by atoms with Crippen LogP contribution in [0, 0.1) is 5.92 Å². The first-order valence-electron chi connectivity index (χ1n) is 11.3. The highest BCUT2D eigenvalue weighted by Crippen LogP contribution is 2.26. The molecule has 4 rings (SSSR count). The molecule has 9 heteroatoms. The number of hydrogen-bond donors (Lipinski definition) is 0. The van der Waals surface area contributed by atoms with Crippen LogP contribution in [0.25, 0.3) is 22.2 Å². The molecule has 34 heavy (non-hydrogen) atoms. The smallest absolute Gasteiger partial charge is 0.275 e. The van der Waals surface area contributed by atoms with Crippen LogP contribution in [0.15, 0.2) is 57.7 Å². The Morgan fingerprint density at radius 1 is 1.09 bits per heavy atom. The van der Waals surface area contributed by atoms with E-state index in [0.29, 0.717) is 40.3 Å². The monoisotopic (exact) mass is 479 g/mol. The third-order valence-corrected chi connectivity index (χ3v) is 5.62. The SMILES string of the molecule is CCCN(Cc1nnc(-c2ccccc2Cl)o1)C(=O)c1nn(CC(C)C)c(=O)c2ccccc12. The van der Waals surface area contributed by atoms with Gasteiger partial charge in [-0.15, -0.1) is 10.2 Å². The fraction of sp³-hybridized carbons (Fsp3) is 0.320. The van der Waals surface area contributed by atoms with E-state index in [4.69, 9.17) is 16.0 Å². The van der Waals surface area contributed by atoms with Crippen molar-refractivity contribution in [3.8, 4) is 11.5 Å². The number of carbonyl (C=O) groups is 1. The molecule has 0 spiro atoms. The second-order valence-corrected chi connectivity index (χ2v) is 8.89. The summed E-state index contributed by atoms with van der Waals surface area (Å²) >= 11 is 6.24. The molecule has 4 aromatic rings. The van der Waals surface area contributed by atoms with E-state index in [0.717, 1.165) is 6.42 Å². The van der Waals surface area contributed by atoms with Crippen molar-refractivity contribution < 1.29 is 9.21 Å². The van der Waals surface area contributed by atoms with Gasteiger partial charge in [-0.3, -0.25) is 9.59 Å². The van der Waals surface area contributed by atoms with Crippen LogP contribution in [0.4, 0.5) is 0 Å². The Hall–Kier alpha value is -3.52. The van der Waals surface area contributed by atoms with Gasteiger partial charge in [0.25, 0.3) is 11.5 Å². The average Bonchev–Trinajstić information content (AvgIpc) is 3.28. The summed E-state index contributed by atoms with van der Waals surface area (Å²) in [6.07, 6.45) is 0.723. The van der Waals surface area contributed by atoms with Crippen molar-refractivity contribution in [2.75, 3.05) is 6.54 Å². The second kappa shape index (κ2) is 10.2. The van der Waals surface area contributed by atoms with Gasteiger partial charge in [-0.1, -0.05) is 62.7 Å². The van der Waals surface area contributed by atoms with Gasteiger partial charge in [-0.25, -0.2) is 4.68 Å². The van der Waals surface area contributed by atoms with Gasteiger partial charge in [0, 0.05) is 18.5 Å². The summed E-state index contributed by atoms with van der Waals surface area (Å²) in [6, 6.07) is 14.3. The van der Waals surface area contributed by atoms with E-state index in [2.05, 4.69) is 15.3 Å². The molecule has 0 saturated carbocycles. The highest BCUT2D eigenvalue weighted by atomic mass is 35.5. The lowest BCUT2D eigenvalue weighted by Gasteiger charge is -2.21. The fourth-order valence-electron chi connectivity index (χ4n) is 3.76. The van der Waals surface area contributed by atoms with E-state index >= 15 is 0 Å². The van der Waals surface area contributed by atoms with Crippen molar-refractivity contribution in [1.29, 1.82) is 0 Å². The first-order valence-corrected chi connectivity index (χ1v) is 11.6. The van der Waals surface area contributed by atoms with Crippen LogP contribution in [0.1, 0.15) is 43.6 Å². The van der Waals surface area contributed by atoms with Crippen LogP contribution in [0.5, 0.6) is 0 Å². The Labute approximate surface area is 202 Å². The molecule has 0 aliphatic heterocycles. The van der Waals surface area contributed by atoms with Gasteiger partial charge in [-0.05, 0) is 30.5 Å². The maximum Gasteiger partial charge on any atom is 0.275 e. The molecule has 1 amide bonds. The number of carbonyl (C=O) groups excluding carboxylic acids is 1. The molecule has 2 heterocycles. The Balaban J connectivity index is 1.70. The number of aromatic nitrogens is 4. The predicted molar refractivity (Wildman–Crippen MR) is 131 cm³/mol. The number of amides is 1. The Morgan fingerprint density at radius 3 is 2.50 bits per heavy atom. The van der Waals surface area contributed by atoms with Crippen molar-refractivity contribution in [2.45, 2.75) is 40.3 Å². The summed E-state index contributed by atoms with van der Waals surface area (Å²) in [5.41, 5.74) is 0.657. The molecule has 2 aromatic heterocycles. The highest BCUT2D eigenvalue weighted by molar-refractivity contribution is 6.33. The summed E-state index contributed by atoms with van der Waals surface area (Å²) in [4.78, 5) is 28.2. The second-order valence-electron chi connectivity index (χ2n) is 8.48. The molecule has 0 aliphatic rings. The number of nitrogens with zero attached hydrogens (tertiary/aromatic N) is 5. The number of halogens is 1. The van der Waals surface area contributed by atoms with Gasteiger partial charge in [0.05, 0.1) is 22.5 Å². The summed E-state index contributed by atoms with van der Waals surface area (Å²) in [7, 11) is 0. The molecule has 2 aromatic carbocycles. The molecule has 0 bridgehead atoms. The highest BCUT2D eigenvalue weighted by Gasteiger charge is 2.24. The minimum absolute atomic E-state index is 0.115. The van der Waals surface area contributed by atoms with Crippen molar-refractivity contribution in [1.82, 2.24) is 24.9 Å². The Bertz CT molecular complexity index is 1380. The molecule has 0 saturated heterocycles. The van der Waals surface area contributed by atoms with Crippen molar-refractivity contribution in [3.05, 3.63) is 75.5 Å². The first kappa shape index (κ1) is 23.6. The number of fused-ring (bicyclic) bond motifs is 1. The molecule has 0 N–H and O–H groups in total. The first-order chi connectivity index (χ1) is 16.4. The van der Waals surface area contributed by atoms with E-state index in [1.165, 1.54) is 4.68 Å². The number of hydrogen-bond acceptors (Lipinski definition) is 6. The van der Waals surface area contributed by atoms with Crippen LogP contribution in [-0.4, -0.2) is 37.3 Å². The number of rotatable bonds is 8. The van der Waals surface area contributed by atoms with Crippen LogP contribution >= 0.6 is 11.6 Å². The topological polar surface area (TPSA) is 94.1 Å². The number of benzene rings is 2. The molecule has 0 radical (unpaired) electrons. The van der Waals surface area contributed by atoms with Crippen LogP contribution in [0.3, 0.4) is 0 Å². The lowest BCUT2D eigenvalue weighted by molar-refractivity contribution is 0.0722. The molecule has 0 aliphatic carbocycles. The minimum Gasteiger partial charge on any atom is -0.419 e. The predicted octanol–water partition coefficient (Wildman–Crippen LogP) is 4.81. The molecular formula is C25H26ClN5O3. The molecule has 176 valence electrons. The maximum atomic E-state index is 13.7. The van der Waals surface area contributed by atoms with Crippen molar-refractivity contribution in [3.63, 3.8) is 0 Å². The van der Waals surface area contributed by atoms with Gasteiger partial charge in [-0.2, -0.15) is 5.10 Å². The summed E-state index contributed by atoms with van der Waals surface area (Å²) in [5.74, 6) is 0.478. The Kier molecular flexibility index (Phi) is 7.07. The summed E-state index contributed by atoms with van der Waals surface area (Å²) < 4.78 is 7.20. The third kappa shape index (κ3) is 4.87. The molecule has 0 unspecified atom stereocenters. The van der Waals surface area contributed by atoms with E-state index in [-0.39, 0.29) is 35.5 Å². The van der Waals surface area contributed by atoms with E-state index in [1.807, 2.05) is 32.9 Å². The normalized spacial score (nSPS) is 11.3. The van der Waals surface area contributed by atoms with E-state index in [1.54, 1.807) is 41.3 Å². The minimum atomic E-state index is -0.298. The molecule has 0 atom stereocenters. The quantitative estimate of drug-likeness (QED) is 0.360. The van der Waals surface area contributed by atoms with Gasteiger partial charge >= 0.3 is 0 Å². The zero-order valence-electron chi connectivity index (χ0n) is 19.4. The summed E-state index contributed by atoms with van der Waals surface area (Å²) in [5, 5.41) is 14.2. The molecular weight excluding hydrogens is 454 g/mol. The maximum absolute atomic E-state index is 13.7. The van der Waals surface area contributed by atoms with Crippen molar-refractivity contribution >= 4 is 28.3 Å². The van der Waals surface area contributed by atoms with Crippen LogP contribution in [0.2, 0.25) is 5.02 Å². The van der Waals surface area contributed by atoms with Gasteiger partial charge < -0.3 is 9.32 Å². The lowest BCUT2D eigenvalue weighted by atomic mass is 10.1. The van der Waals surface area contributed by atoms with Crippen LogP contribution < -0.4 is 5.56 Å². The standard InChI is InChI=1S/C25H26ClN5O3/c1-4-13-30(15-21-27-28-23(34-21)19-11-7-8-12-20(19)26)25(33)22-17-9-5-6-10-18(17)24(32)31(29-22)14-16(2)3/h5-12,16H,4,13-15H2,1-3H3. The largest absolute Gasteiger partial charge is 0.419 e. The average molecular weight is 480 g/mol. The van der Waals surface area contributed by atoms with Crippen molar-refractivity contribution in [2.24, 2.45) is 5.92 Å². The van der Waals surface area contributed by atoms with Gasteiger partial charge in [0.1, 0.15) is 0 Å². The lowest BCUT2D eigenvalue weighted by Crippen LogP contribution is -2.35. The Morgan fingerprint density at radius 2 is 1.79 bits per heavy atom.